The standard InChI is InChI=1S/C19H42O6Si2/c1-18(2,3)26(8,9)23-13-15(25-27(10,11)19(4,5)6)14-12-22-17(21-7)16(20)24-14/h14-17,20H,12-13H2,1-11H3/t14-,15+,16?,17-/m1/s1. The third-order valence-corrected chi connectivity index (χ3v) is 15.3. The summed E-state index contributed by atoms with van der Waals surface area (Å²) in [6.45, 7) is 22.9. The monoisotopic (exact) mass is 422 g/mol. The molecule has 8 heteroatoms. The molecule has 0 bridgehead atoms. The largest absolute Gasteiger partial charge is 0.414 e. The van der Waals surface area contributed by atoms with E-state index in [-0.39, 0.29) is 16.2 Å². The molecule has 162 valence electrons. The van der Waals surface area contributed by atoms with Gasteiger partial charge >= 0.3 is 0 Å². The molecule has 1 aliphatic rings. The molecule has 0 aromatic heterocycles. The van der Waals surface area contributed by atoms with E-state index in [0.717, 1.165) is 0 Å². The van der Waals surface area contributed by atoms with Gasteiger partial charge in [-0.1, -0.05) is 41.5 Å². The molecule has 1 aliphatic heterocycles. The molecule has 1 heterocycles. The SMILES string of the molecule is CO[C@@H]1OC[C@H]([C@H](CO[Si](C)(C)C(C)(C)C)O[Si](C)(C)C(C)(C)C)OC1O. The first-order chi connectivity index (χ1) is 12.0. The van der Waals surface area contributed by atoms with Gasteiger partial charge in [-0.2, -0.15) is 0 Å². The van der Waals surface area contributed by atoms with Crippen LogP contribution in [-0.4, -0.2) is 66.9 Å². The van der Waals surface area contributed by atoms with Gasteiger partial charge in [0.2, 0.25) is 12.6 Å². The zero-order valence-electron chi connectivity index (χ0n) is 19.2. The van der Waals surface area contributed by atoms with Gasteiger partial charge < -0.3 is 28.2 Å². The quantitative estimate of drug-likeness (QED) is 0.623. The maximum absolute atomic E-state index is 10.2. The molecule has 0 spiro atoms. The molecule has 27 heavy (non-hydrogen) atoms. The van der Waals surface area contributed by atoms with Crippen molar-refractivity contribution in [3.05, 3.63) is 0 Å². The van der Waals surface area contributed by atoms with E-state index in [2.05, 4.69) is 67.7 Å². The predicted molar refractivity (Wildman–Crippen MR) is 113 cm³/mol. The molecule has 0 amide bonds. The first-order valence-electron chi connectivity index (χ1n) is 9.81. The zero-order valence-corrected chi connectivity index (χ0v) is 21.2. The van der Waals surface area contributed by atoms with Gasteiger partial charge in [0.15, 0.2) is 16.6 Å². The first kappa shape index (κ1) is 25.2. The van der Waals surface area contributed by atoms with Crippen LogP contribution in [0.1, 0.15) is 41.5 Å². The van der Waals surface area contributed by atoms with Crippen LogP contribution in [0.2, 0.25) is 36.3 Å². The van der Waals surface area contributed by atoms with Crippen LogP contribution >= 0.6 is 0 Å². The van der Waals surface area contributed by atoms with Gasteiger partial charge in [-0.05, 0) is 36.3 Å². The van der Waals surface area contributed by atoms with Crippen molar-refractivity contribution >= 4 is 16.6 Å². The third kappa shape index (κ3) is 6.60. The number of hydrogen-bond donors (Lipinski definition) is 1. The molecule has 0 saturated carbocycles. The van der Waals surface area contributed by atoms with Crippen LogP contribution in [0, 0.1) is 0 Å². The van der Waals surface area contributed by atoms with Gasteiger partial charge in [0.25, 0.3) is 0 Å². The first-order valence-corrected chi connectivity index (χ1v) is 15.6. The second-order valence-corrected chi connectivity index (χ2v) is 20.1. The summed E-state index contributed by atoms with van der Waals surface area (Å²) < 4.78 is 29.6. The summed E-state index contributed by atoms with van der Waals surface area (Å²) in [5.41, 5.74) is 0. The summed E-state index contributed by atoms with van der Waals surface area (Å²) in [7, 11) is -2.50. The molecule has 1 unspecified atom stereocenters. The average molecular weight is 423 g/mol. The summed E-state index contributed by atoms with van der Waals surface area (Å²) in [5.74, 6) is 0. The highest BCUT2D eigenvalue weighted by atomic mass is 28.4. The van der Waals surface area contributed by atoms with Crippen LogP contribution in [0.3, 0.4) is 0 Å². The fraction of sp³-hybridized carbons (Fsp3) is 1.00. The Morgan fingerprint density at radius 3 is 1.93 bits per heavy atom. The Morgan fingerprint density at radius 2 is 1.52 bits per heavy atom. The van der Waals surface area contributed by atoms with Crippen molar-refractivity contribution in [2.75, 3.05) is 20.3 Å². The van der Waals surface area contributed by atoms with Gasteiger partial charge in [0.1, 0.15) is 6.10 Å². The average Bonchev–Trinajstić information content (AvgIpc) is 2.49. The van der Waals surface area contributed by atoms with Crippen LogP contribution in [0.15, 0.2) is 0 Å². The number of ether oxygens (including phenoxy) is 3. The van der Waals surface area contributed by atoms with Crippen molar-refractivity contribution in [3.63, 3.8) is 0 Å². The summed E-state index contributed by atoms with van der Waals surface area (Å²) in [4.78, 5) is 0. The maximum atomic E-state index is 10.2. The Balaban J connectivity index is 2.97. The lowest BCUT2D eigenvalue weighted by molar-refractivity contribution is -0.331. The van der Waals surface area contributed by atoms with E-state index in [1.807, 2.05) is 0 Å². The summed E-state index contributed by atoms with van der Waals surface area (Å²) in [5, 5.41) is 10.3. The Labute approximate surface area is 168 Å². The minimum atomic E-state index is -2.05. The molecule has 1 fully saturated rings. The van der Waals surface area contributed by atoms with Crippen molar-refractivity contribution in [3.8, 4) is 0 Å². The van der Waals surface area contributed by atoms with E-state index in [4.69, 9.17) is 23.1 Å². The van der Waals surface area contributed by atoms with Gasteiger partial charge in [0, 0.05) is 7.11 Å². The summed E-state index contributed by atoms with van der Waals surface area (Å²) in [6.07, 6.45) is -2.60. The van der Waals surface area contributed by atoms with Crippen LogP contribution in [0.25, 0.3) is 0 Å². The lowest BCUT2D eigenvalue weighted by atomic mass is 10.2. The van der Waals surface area contributed by atoms with Crippen molar-refractivity contribution in [1.82, 2.24) is 0 Å². The zero-order chi connectivity index (χ0) is 21.3. The topological polar surface area (TPSA) is 66.4 Å². The van der Waals surface area contributed by atoms with E-state index < -0.39 is 35.3 Å². The molecule has 4 atom stereocenters. The Morgan fingerprint density at radius 1 is 1.00 bits per heavy atom. The number of aliphatic hydroxyl groups excluding tert-OH is 1. The molecule has 0 radical (unpaired) electrons. The highest BCUT2D eigenvalue weighted by Crippen LogP contribution is 2.40. The van der Waals surface area contributed by atoms with Crippen molar-refractivity contribution in [1.29, 1.82) is 0 Å². The molecule has 0 aliphatic carbocycles. The van der Waals surface area contributed by atoms with Gasteiger partial charge in [-0.25, -0.2) is 0 Å². The number of methoxy groups -OCH3 is 1. The Bertz CT molecular complexity index is 470. The molecule has 1 saturated heterocycles. The van der Waals surface area contributed by atoms with E-state index >= 15 is 0 Å². The van der Waals surface area contributed by atoms with Gasteiger partial charge in [-0.3, -0.25) is 0 Å². The number of aliphatic hydroxyl groups is 1. The van der Waals surface area contributed by atoms with E-state index in [0.29, 0.717) is 13.2 Å². The van der Waals surface area contributed by atoms with Crippen LogP contribution in [0.4, 0.5) is 0 Å². The summed E-state index contributed by atoms with van der Waals surface area (Å²) in [6, 6.07) is 0. The van der Waals surface area contributed by atoms with Gasteiger partial charge in [-0.15, -0.1) is 0 Å². The minimum Gasteiger partial charge on any atom is -0.414 e. The molecular formula is C19H42O6Si2. The van der Waals surface area contributed by atoms with Crippen LogP contribution in [0.5, 0.6) is 0 Å². The number of hydrogen-bond acceptors (Lipinski definition) is 6. The van der Waals surface area contributed by atoms with Crippen molar-refractivity contribution < 1.29 is 28.2 Å². The van der Waals surface area contributed by atoms with Crippen molar-refractivity contribution in [2.45, 2.75) is 103 Å². The molecular weight excluding hydrogens is 380 g/mol. The van der Waals surface area contributed by atoms with E-state index in [1.54, 1.807) is 0 Å². The number of rotatable bonds is 7. The Hall–Kier alpha value is 0.194. The smallest absolute Gasteiger partial charge is 0.209 e. The lowest BCUT2D eigenvalue weighted by Crippen LogP contribution is -2.56. The molecule has 0 aromatic rings. The predicted octanol–water partition coefficient (Wildman–Crippen LogP) is 4.10. The van der Waals surface area contributed by atoms with Gasteiger partial charge in [0.05, 0.1) is 19.3 Å². The summed E-state index contributed by atoms with van der Waals surface area (Å²) >= 11 is 0. The van der Waals surface area contributed by atoms with Crippen molar-refractivity contribution in [2.24, 2.45) is 0 Å². The highest BCUT2D eigenvalue weighted by molar-refractivity contribution is 6.74. The van der Waals surface area contributed by atoms with Crippen LogP contribution < -0.4 is 0 Å². The lowest BCUT2D eigenvalue weighted by Gasteiger charge is -2.45. The maximum Gasteiger partial charge on any atom is 0.209 e. The molecule has 1 rings (SSSR count). The molecule has 6 nitrogen and oxygen atoms in total. The Kier molecular flexibility index (Phi) is 8.33. The normalized spacial score (nSPS) is 26.9. The molecule has 1 N–H and O–H groups in total. The van der Waals surface area contributed by atoms with Crippen LogP contribution in [-0.2, 0) is 23.1 Å². The fourth-order valence-corrected chi connectivity index (χ4v) is 4.56. The minimum absolute atomic E-state index is 0.0609. The van der Waals surface area contributed by atoms with E-state index in [1.165, 1.54) is 7.11 Å². The third-order valence-electron chi connectivity index (χ3n) is 6.29. The second-order valence-electron chi connectivity index (χ2n) is 10.5. The van der Waals surface area contributed by atoms with E-state index in [9.17, 15) is 5.11 Å². The second kappa shape index (κ2) is 8.91. The molecule has 0 aromatic carbocycles. The highest BCUT2D eigenvalue weighted by Gasteiger charge is 2.45. The fourth-order valence-electron chi connectivity index (χ4n) is 2.21.